The van der Waals surface area contributed by atoms with Gasteiger partial charge in [0.15, 0.2) is 0 Å². The lowest BCUT2D eigenvalue weighted by Gasteiger charge is -2.25. The molecule has 1 aromatic rings. The molecular weight excluding hydrogens is 374 g/mol. The fourth-order valence-electron chi connectivity index (χ4n) is 2.00. The Morgan fingerprint density at radius 3 is 2.41 bits per heavy atom. The van der Waals surface area contributed by atoms with Crippen LogP contribution in [-0.4, -0.2) is 66.6 Å². The second-order valence-electron chi connectivity index (χ2n) is 7.13. The van der Waals surface area contributed by atoms with E-state index < -0.39 is 29.6 Å². The van der Waals surface area contributed by atoms with Crippen LogP contribution in [0.1, 0.15) is 20.8 Å². The highest BCUT2D eigenvalue weighted by Crippen LogP contribution is 2.09. The highest BCUT2D eigenvalue weighted by Gasteiger charge is 2.22. The van der Waals surface area contributed by atoms with Gasteiger partial charge in [-0.05, 0) is 47.0 Å². The molecule has 1 rings (SSSR count). The number of amides is 3. The summed E-state index contributed by atoms with van der Waals surface area (Å²) < 4.78 is 5.21. The van der Waals surface area contributed by atoms with E-state index in [1.54, 1.807) is 26.8 Å². The van der Waals surface area contributed by atoms with E-state index in [9.17, 15) is 14.4 Å². The lowest BCUT2D eigenvalue weighted by atomic mass is 10.2. The molecule has 10 heteroatoms. The number of halogens is 1. The summed E-state index contributed by atoms with van der Waals surface area (Å²) in [5.41, 5.74) is -0.637. The number of pyridine rings is 1. The van der Waals surface area contributed by atoms with Gasteiger partial charge in [0.1, 0.15) is 11.4 Å². The predicted molar refractivity (Wildman–Crippen MR) is 103 cm³/mol. The third-order valence-corrected chi connectivity index (χ3v) is 3.21. The van der Waals surface area contributed by atoms with Crippen molar-refractivity contribution in [2.75, 3.05) is 32.5 Å². The first-order valence-electron chi connectivity index (χ1n) is 8.31. The molecule has 0 aromatic carbocycles. The van der Waals surface area contributed by atoms with Crippen molar-refractivity contribution in [2.45, 2.75) is 32.4 Å². The van der Waals surface area contributed by atoms with Crippen molar-refractivity contribution in [2.24, 2.45) is 0 Å². The highest BCUT2D eigenvalue weighted by molar-refractivity contribution is 6.39. The van der Waals surface area contributed by atoms with Crippen LogP contribution in [0.3, 0.4) is 0 Å². The summed E-state index contributed by atoms with van der Waals surface area (Å²) in [4.78, 5) is 41.6. The topological polar surface area (TPSA) is 113 Å². The van der Waals surface area contributed by atoms with E-state index >= 15 is 0 Å². The zero-order valence-electron chi connectivity index (χ0n) is 16.1. The molecule has 27 heavy (non-hydrogen) atoms. The van der Waals surface area contributed by atoms with Crippen LogP contribution in [0.4, 0.5) is 10.6 Å². The maximum Gasteiger partial charge on any atom is 0.407 e. The van der Waals surface area contributed by atoms with Crippen LogP contribution in [0.25, 0.3) is 0 Å². The summed E-state index contributed by atoms with van der Waals surface area (Å²) in [5, 5.41) is 7.94. The average Bonchev–Trinajstić information content (AvgIpc) is 2.52. The number of ether oxygens (including phenoxy) is 1. The smallest absolute Gasteiger partial charge is 0.407 e. The third kappa shape index (κ3) is 9.76. The van der Waals surface area contributed by atoms with E-state index in [-0.39, 0.29) is 12.4 Å². The number of aromatic nitrogens is 1. The van der Waals surface area contributed by atoms with Gasteiger partial charge in [-0.25, -0.2) is 9.78 Å². The van der Waals surface area contributed by atoms with E-state index in [1.807, 2.05) is 19.0 Å². The number of carbonyl (C=O) groups excluding carboxylic acids is 3. The molecule has 0 bridgehead atoms. The van der Waals surface area contributed by atoms with Gasteiger partial charge in [-0.1, -0.05) is 11.6 Å². The third-order valence-electron chi connectivity index (χ3n) is 2.99. The van der Waals surface area contributed by atoms with Gasteiger partial charge in [0.25, 0.3) is 0 Å². The summed E-state index contributed by atoms with van der Waals surface area (Å²) >= 11 is 5.72. The average molecular weight is 400 g/mol. The number of likely N-dealkylation sites (N-methyl/N-ethyl adjacent to an activating group) is 1. The van der Waals surface area contributed by atoms with Crippen LogP contribution in [0.2, 0.25) is 5.02 Å². The van der Waals surface area contributed by atoms with Crippen molar-refractivity contribution < 1.29 is 19.1 Å². The van der Waals surface area contributed by atoms with Crippen molar-refractivity contribution in [3.05, 3.63) is 23.4 Å². The molecule has 0 radical (unpaired) electrons. The molecule has 0 unspecified atom stereocenters. The Morgan fingerprint density at radius 2 is 1.89 bits per heavy atom. The van der Waals surface area contributed by atoms with E-state index in [0.29, 0.717) is 11.6 Å². The van der Waals surface area contributed by atoms with Crippen molar-refractivity contribution in [1.82, 2.24) is 20.5 Å². The summed E-state index contributed by atoms with van der Waals surface area (Å²) in [7, 11) is 3.65. The number of rotatable bonds is 6. The Labute approximate surface area is 163 Å². The molecule has 0 saturated carbocycles. The van der Waals surface area contributed by atoms with Gasteiger partial charge < -0.3 is 25.6 Å². The molecule has 1 atom stereocenters. The number of anilines is 1. The number of nitrogens with zero attached hydrogens (tertiary/aromatic N) is 2. The molecule has 3 N–H and O–H groups in total. The van der Waals surface area contributed by atoms with Gasteiger partial charge in [0, 0.05) is 19.3 Å². The number of nitrogens with one attached hydrogen (secondary N) is 3. The quantitative estimate of drug-likeness (QED) is 0.620. The van der Waals surface area contributed by atoms with Crippen LogP contribution < -0.4 is 16.0 Å². The Kier molecular flexibility index (Phi) is 8.45. The summed E-state index contributed by atoms with van der Waals surface area (Å²) in [6.07, 6.45) is 0.755. The Balaban J connectivity index is 2.57. The molecule has 0 aliphatic heterocycles. The SMILES string of the molecule is CN(C)C[C@H](CNC(=O)C(=O)Nc1ccc(Cl)cn1)NC(=O)OC(C)(C)C. The number of alkyl carbamates (subject to hydrolysis) is 1. The molecule has 9 nitrogen and oxygen atoms in total. The first-order chi connectivity index (χ1) is 12.5. The summed E-state index contributed by atoms with van der Waals surface area (Å²) in [6.45, 7) is 5.76. The van der Waals surface area contributed by atoms with E-state index in [4.69, 9.17) is 16.3 Å². The minimum Gasteiger partial charge on any atom is -0.444 e. The van der Waals surface area contributed by atoms with Crippen molar-refractivity contribution in [3.63, 3.8) is 0 Å². The number of carbonyl (C=O) groups is 3. The van der Waals surface area contributed by atoms with Gasteiger partial charge in [-0.3, -0.25) is 9.59 Å². The van der Waals surface area contributed by atoms with Crippen LogP contribution in [0.15, 0.2) is 18.3 Å². The molecule has 0 fully saturated rings. The zero-order valence-corrected chi connectivity index (χ0v) is 16.9. The molecule has 0 spiro atoms. The maximum absolute atomic E-state index is 12.0. The van der Waals surface area contributed by atoms with Gasteiger partial charge in [-0.2, -0.15) is 0 Å². The maximum atomic E-state index is 12.0. The lowest BCUT2D eigenvalue weighted by Crippen LogP contribution is -2.51. The first-order valence-corrected chi connectivity index (χ1v) is 8.69. The second-order valence-corrected chi connectivity index (χ2v) is 7.57. The fourth-order valence-corrected chi connectivity index (χ4v) is 2.11. The van der Waals surface area contributed by atoms with Crippen LogP contribution in [0.5, 0.6) is 0 Å². The first kappa shape index (κ1) is 22.7. The molecule has 1 aromatic heterocycles. The highest BCUT2D eigenvalue weighted by atomic mass is 35.5. The normalized spacial score (nSPS) is 12.3. The fraction of sp³-hybridized carbons (Fsp3) is 0.529. The second kappa shape index (κ2) is 10.1. The standard InChI is InChI=1S/C17H26ClN5O4/c1-17(2,3)27-16(26)21-12(10-23(4)5)9-20-14(24)15(25)22-13-7-6-11(18)8-19-13/h6-8,12H,9-10H2,1-5H3,(H,20,24)(H,21,26)(H,19,22,25)/t12-/m0/s1. The van der Waals surface area contributed by atoms with E-state index in [1.165, 1.54) is 12.3 Å². The van der Waals surface area contributed by atoms with Crippen LogP contribution in [-0.2, 0) is 14.3 Å². The van der Waals surface area contributed by atoms with E-state index in [2.05, 4.69) is 20.9 Å². The number of hydrogen-bond donors (Lipinski definition) is 3. The van der Waals surface area contributed by atoms with Gasteiger partial charge in [0.2, 0.25) is 0 Å². The minimum atomic E-state index is -0.870. The molecule has 0 aliphatic rings. The predicted octanol–water partition coefficient (Wildman–Crippen LogP) is 1.24. The van der Waals surface area contributed by atoms with Crippen molar-refractivity contribution >= 4 is 35.3 Å². The van der Waals surface area contributed by atoms with Gasteiger partial charge in [-0.15, -0.1) is 0 Å². The largest absolute Gasteiger partial charge is 0.444 e. The zero-order chi connectivity index (χ0) is 20.6. The Morgan fingerprint density at radius 1 is 1.22 bits per heavy atom. The monoisotopic (exact) mass is 399 g/mol. The molecule has 0 saturated heterocycles. The Hall–Kier alpha value is -2.39. The number of hydrogen-bond acceptors (Lipinski definition) is 6. The van der Waals surface area contributed by atoms with E-state index in [0.717, 1.165) is 0 Å². The van der Waals surface area contributed by atoms with Gasteiger partial charge >= 0.3 is 17.9 Å². The Bertz CT molecular complexity index is 658. The van der Waals surface area contributed by atoms with Crippen molar-refractivity contribution in [3.8, 4) is 0 Å². The molecule has 3 amide bonds. The lowest BCUT2D eigenvalue weighted by molar-refractivity contribution is -0.136. The molecule has 1 heterocycles. The van der Waals surface area contributed by atoms with Crippen molar-refractivity contribution in [1.29, 1.82) is 0 Å². The van der Waals surface area contributed by atoms with Crippen LogP contribution >= 0.6 is 11.6 Å². The molecular formula is C17H26ClN5O4. The molecule has 150 valence electrons. The molecule has 0 aliphatic carbocycles. The van der Waals surface area contributed by atoms with Crippen LogP contribution in [0, 0.1) is 0 Å². The summed E-state index contributed by atoms with van der Waals surface area (Å²) in [5.74, 6) is -1.51. The minimum absolute atomic E-state index is 0.0533. The summed E-state index contributed by atoms with van der Waals surface area (Å²) in [6, 6.07) is 2.58. The van der Waals surface area contributed by atoms with Gasteiger partial charge in [0.05, 0.1) is 11.1 Å².